The van der Waals surface area contributed by atoms with E-state index in [4.69, 9.17) is 5.11 Å². The van der Waals surface area contributed by atoms with Crippen LogP contribution in [-0.2, 0) is 4.79 Å². The van der Waals surface area contributed by atoms with Crippen molar-refractivity contribution in [1.82, 2.24) is 4.98 Å². The van der Waals surface area contributed by atoms with Crippen molar-refractivity contribution in [2.24, 2.45) is 0 Å². The van der Waals surface area contributed by atoms with Crippen molar-refractivity contribution in [2.45, 2.75) is 0 Å². The molecule has 0 atom stereocenters. The van der Waals surface area contributed by atoms with Gasteiger partial charge in [-0.2, -0.15) is 0 Å². The first-order valence-corrected chi connectivity index (χ1v) is 4.54. The second-order valence-corrected chi connectivity index (χ2v) is 3.14. The van der Waals surface area contributed by atoms with Gasteiger partial charge in [-0.15, -0.1) is 0 Å². The van der Waals surface area contributed by atoms with Crippen molar-refractivity contribution in [3.05, 3.63) is 36.7 Å². The number of anilines is 1. The van der Waals surface area contributed by atoms with Gasteiger partial charge in [-0.1, -0.05) is 6.07 Å². The van der Waals surface area contributed by atoms with Gasteiger partial charge < -0.3 is 10.4 Å². The van der Waals surface area contributed by atoms with Crippen LogP contribution in [0.4, 0.5) is 5.69 Å². The summed E-state index contributed by atoms with van der Waals surface area (Å²) in [7, 11) is 0. The third-order valence-electron chi connectivity index (χ3n) is 2.07. The molecule has 2 aromatic rings. The molecule has 4 nitrogen and oxygen atoms in total. The summed E-state index contributed by atoms with van der Waals surface area (Å²) in [5.41, 5.74) is 0.674. The van der Waals surface area contributed by atoms with Gasteiger partial charge in [0, 0.05) is 23.5 Å². The minimum Gasteiger partial charge on any atom is -0.387 e. The Hall–Kier alpha value is -1.94. The summed E-state index contributed by atoms with van der Waals surface area (Å²) in [5, 5.41) is 13.2. The third-order valence-corrected chi connectivity index (χ3v) is 2.07. The highest BCUT2D eigenvalue weighted by atomic mass is 16.3. The molecule has 15 heavy (non-hydrogen) atoms. The van der Waals surface area contributed by atoms with Crippen molar-refractivity contribution < 1.29 is 9.90 Å². The molecule has 2 rings (SSSR count). The molecule has 0 aliphatic rings. The van der Waals surface area contributed by atoms with Crippen LogP contribution in [0.3, 0.4) is 0 Å². The molecule has 0 saturated heterocycles. The smallest absolute Gasteiger partial charge is 0.250 e. The zero-order chi connectivity index (χ0) is 10.7. The molecule has 4 heteroatoms. The number of pyridine rings is 1. The third kappa shape index (κ3) is 2.11. The second kappa shape index (κ2) is 4.06. The summed E-state index contributed by atoms with van der Waals surface area (Å²) in [4.78, 5) is 14.9. The Bertz CT molecular complexity index is 497. The van der Waals surface area contributed by atoms with E-state index >= 15 is 0 Å². The number of benzene rings is 1. The number of carbonyl (C=O) groups is 1. The normalized spacial score (nSPS) is 10.2. The molecular formula is C11H10N2O2. The minimum atomic E-state index is -0.506. The predicted octanol–water partition coefficient (Wildman–Crippen LogP) is 1.17. The second-order valence-electron chi connectivity index (χ2n) is 3.14. The molecule has 0 spiro atoms. The zero-order valence-corrected chi connectivity index (χ0v) is 7.97. The maximum Gasteiger partial charge on any atom is 0.250 e. The Morgan fingerprint density at radius 3 is 3.00 bits per heavy atom. The van der Waals surface area contributed by atoms with Crippen LogP contribution in [0.15, 0.2) is 36.7 Å². The molecule has 0 bridgehead atoms. The van der Waals surface area contributed by atoms with Gasteiger partial charge in [0.15, 0.2) is 0 Å². The van der Waals surface area contributed by atoms with E-state index in [1.807, 2.05) is 18.2 Å². The number of rotatable bonds is 2. The van der Waals surface area contributed by atoms with Gasteiger partial charge in [-0.3, -0.25) is 9.78 Å². The minimum absolute atomic E-state index is 0.414. The fourth-order valence-corrected chi connectivity index (χ4v) is 1.36. The number of carbonyl (C=O) groups excluding carboxylic acids is 1. The lowest BCUT2D eigenvalue weighted by Gasteiger charge is -2.04. The highest BCUT2D eigenvalue weighted by Crippen LogP contribution is 2.17. The number of nitrogens with one attached hydrogen (secondary N) is 1. The number of nitrogens with zero attached hydrogens (tertiary/aromatic N) is 1. The van der Waals surface area contributed by atoms with Gasteiger partial charge in [0.2, 0.25) is 5.91 Å². The number of hydrogen-bond acceptors (Lipinski definition) is 3. The van der Waals surface area contributed by atoms with Crippen molar-refractivity contribution >= 4 is 22.4 Å². The predicted molar refractivity (Wildman–Crippen MR) is 57.5 cm³/mol. The molecule has 0 radical (unpaired) electrons. The number of aromatic nitrogens is 1. The van der Waals surface area contributed by atoms with Gasteiger partial charge in [-0.25, -0.2) is 0 Å². The van der Waals surface area contributed by atoms with E-state index < -0.39 is 12.5 Å². The lowest BCUT2D eigenvalue weighted by molar-refractivity contribution is -0.118. The van der Waals surface area contributed by atoms with Gasteiger partial charge in [0.05, 0.1) is 0 Å². The number of aliphatic hydroxyl groups is 1. The SMILES string of the molecule is O=C(CO)Nc1ccc2cnccc2c1. The van der Waals surface area contributed by atoms with Gasteiger partial charge in [0.25, 0.3) is 0 Å². The topological polar surface area (TPSA) is 62.2 Å². The molecule has 0 aliphatic carbocycles. The van der Waals surface area contributed by atoms with Crippen LogP contribution >= 0.6 is 0 Å². The standard InChI is InChI=1S/C11H10N2O2/c14-7-11(15)13-10-2-1-9-6-12-4-3-8(9)5-10/h1-6,14H,7H2,(H,13,15). The average Bonchev–Trinajstić information content (AvgIpc) is 2.29. The summed E-state index contributed by atoms with van der Waals surface area (Å²) in [6.07, 6.45) is 3.45. The summed E-state index contributed by atoms with van der Waals surface area (Å²) < 4.78 is 0. The molecular weight excluding hydrogens is 192 g/mol. The molecule has 0 saturated carbocycles. The summed E-state index contributed by atoms with van der Waals surface area (Å²) in [6.45, 7) is -0.506. The monoisotopic (exact) mass is 202 g/mol. The van der Waals surface area contributed by atoms with E-state index in [0.717, 1.165) is 10.8 Å². The van der Waals surface area contributed by atoms with Crippen LogP contribution in [0.25, 0.3) is 10.8 Å². The summed E-state index contributed by atoms with van der Waals surface area (Å²) in [6, 6.07) is 7.35. The first kappa shape index (κ1) is 9.61. The van der Waals surface area contributed by atoms with Crippen LogP contribution in [0.5, 0.6) is 0 Å². The Kier molecular flexibility index (Phi) is 2.60. The Morgan fingerprint density at radius 2 is 2.20 bits per heavy atom. The molecule has 1 aromatic carbocycles. The zero-order valence-electron chi connectivity index (χ0n) is 7.97. The van der Waals surface area contributed by atoms with E-state index in [1.54, 1.807) is 18.5 Å². The molecule has 1 heterocycles. The number of fused-ring (bicyclic) bond motifs is 1. The largest absolute Gasteiger partial charge is 0.387 e. The van der Waals surface area contributed by atoms with Crippen LogP contribution < -0.4 is 5.32 Å². The lowest BCUT2D eigenvalue weighted by atomic mass is 10.1. The molecule has 0 unspecified atom stereocenters. The molecule has 76 valence electrons. The summed E-state index contributed by atoms with van der Waals surface area (Å²) in [5.74, 6) is -0.414. The Morgan fingerprint density at radius 1 is 1.33 bits per heavy atom. The van der Waals surface area contributed by atoms with Gasteiger partial charge in [-0.05, 0) is 23.6 Å². The molecule has 0 aliphatic heterocycles. The quantitative estimate of drug-likeness (QED) is 0.768. The summed E-state index contributed by atoms with van der Waals surface area (Å²) >= 11 is 0. The van der Waals surface area contributed by atoms with Crippen molar-refractivity contribution in [1.29, 1.82) is 0 Å². The number of amides is 1. The lowest BCUT2D eigenvalue weighted by Crippen LogP contribution is -2.15. The maximum absolute atomic E-state index is 10.9. The number of hydrogen-bond donors (Lipinski definition) is 2. The van der Waals surface area contributed by atoms with Crippen LogP contribution in [-0.4, -0.2) is 22.6 Å². The Balaban J connectivity index is 2.34. The van der Waals surface area contributed by atoms with Crippen molar-refractivity contribution in [3.8, 4) is 0 Å². The fraction of sp³-hybridized carbons (Fsp3) is 0.0909. The average molecular weight is 202 g/mol. The highest BCUT2D eigenvalue weighted by molar-refractivity contribution is 5.94. The number of aliphatic hydroxyl groups excluding tert-OH is 1. The van der Waals surface area contributed by atoms with E-state index in [-0.39, 0.29) is 0 Å². The van der Waals surface area contributed by atoms with Crippen molar-refractivity contribution in [3.63, 3.8) is 0 Å². The van der Waals surface area contributed by atoms with Crippen LogP contribution in [0.2, 0.25) is 0 Å². The fourth-order valence-electron chi connectivity index (χ4n) is 1.36. The molecule has 2 N–H and O–H groups in total. The Labute approximate surface area is 86.6 Å². The van der Waals surface area contributed by atoms with Crippen molar-refractivity contribution in [2.75, 3.05) is 11.9 Å². The molecule has 1 amide bonds. The van der Waals surface area contributed by atoms with E-state index in [2.05, 4.69) is 10.3 Å². The van der Waals surface area contributed by atoms with E-state index in [9.17, 15) is 4.79 Å². The maximum atomic E-state index is 10.9. The van der Waals surface area contributed by atoms with Gasteiger partial charge >= 0.3 is 0 Å². The van der Waals surface area contributed by atoms with Crippen LogP contribution in [0.1, 0.15) is 0 Å². The first-order chi connectivity index (χ1) is 7.29. The van der Waals surface area contributed by atoms with E-state index in [1.165, 1.54) is 0 Å². The van der Waals surface area contributed by atoms with Crippen LogP contribution in [0, 0.1) is 0 Å². The van der Waals surface area contributed by atoms with E-state index in [0.29, 0.717) is 5.69 Å². The van der Waals surface area contributed by atoms with Gasteiger partial charge in [0.1, 0.15) is 6.61 Å². The molecule has 1 aromatic heterocycles. The molecule has 0 fully saturated rings. The highest BCUT2D eigenvalue weighted by Gasteiger charge is 2.00. The first-order valence-electron chi connectivity index (χ1n) is 4.54.